The van der Waals surface area contributed by atoms with Gasteiger partial charge in [0.25, 0.3) is 0 Å². The SMILES string of the molecule is CCCN(Cc1cn(C)nn1)C1CCNC1.Cl. The van der Waals surface area contributed by atoms with Crippen LogP contribution in [0.4, 0.5) is 0 Å². The van der Waals surface area contributed by atoms with Crippen LogP contribution in [-0.4, -0.2) is 45.6 Å². The van der Waals surface area contributed by atoms with E-state index in [4.69, 9.17) is 0 Å². The monoisotopic (exact) mass is 259 g/mol. The molecule has 0 saturated carbocycles. The van der Waals surface area contributed by atoms with E-state index in [0.29, 0.717) is 6.04 Å². The molecule has 1 aromatic heterocycles. The first-order valence-corrected chi connectivity index (χ1v) is 6.09. The van der Waals surface area contributed by atoms with Gasteiger partial charge in [0, 0.05) is 32.4 Å². The van der Waals surface area contributed by atoms with Crippen molar-refractivity contribution in [3.05, 3.63) is 11.9 Å². The molecule has 1 aliphatic rings. The van der Waals surface area contributed by atoms with Crippen LogP contribution in [0.1, 0.15) is 25.5 Å². The Bertz CT molecular complexity index is 321. The molecule has 1 unspecified atom stereocenters. The van der Waals surface area contributed by atoms with Gasteiger partial charge in [0.05, 0.1) is 5.69 Å². The van der Waals surface area contributed by atoms with Crippen LogP contribution in [0.2, 0.25) is 0 Å². The third-order valence-electron chi connectivity index (χ3n) is 3.08. The highest BCUT2D eigenvalue weighted by Gasteiger charge is 2.22. The van der Waals surface area contributed by atoms with Crippen molar-refractivity contribution in [3.8, 4) is 0 Å². The Labute approximate surface area is 109 Å². The summed E-state index contributed by atoms with van der Waals surface area (Å²) in [5, 5.41) is 11.6. The summed E-state index contributed by atoms with van der Waals surface area (Å²) in [6, 6.07) is 0.668. The van der Waals surface area contributed by atoms with E-state index in [2.05, 4.69) is 27.5 Å². The fourth-order valence-electron chi connectivity index (χ4n) is 2.30. The van der Waals surface area contributed by atoms with Gasteiger partial charge in [-0.15, -0.1) is 17.5 Å². The van der Waals surface area contributed by atoms with Crippen molar-refractivity contribution in [1.82, 2.24) is 25.2 Å². The minimum atomic E-state index is 0. The van der Waals surface area contributed by atoms with E-state index in [9.17, 15) is 0 Å². The highest BCUT2D eigenvalue weighted by molar-refractivity contribution is 5.85. The molecule has 98 valence electrons. The van der Waals surface area contributed by atoms with Gasteiger partial charge in [0.2, 0.25) is 0 Å². The van der Waals surface area contributed by atoms with E-state index in [1.54, 1.807) is 4.68 Å². The van der Waals surface area contributed by atoms with Crippen molar-refractivity contribution < 1.29 is 0 Å². The van der Waals surface area contributed by atoms with Crippen LogP contribution in [0.25, 0.3) is 0 Å². The molecule has 1 aliphatic heterocycles. The molecule has 2 rings (SSSR count). The Balaban J connectivity index is 0.00000144. The lowest BCUT2D eigenvalue weighted by atomic mass is 10.2. The summed E-state index contributed by atoms with van der Waals surface area (Å²) in [4.78, 5) is 2.52. The lowest BCUT2D eigenvalue weighted by Gasteiger charge is -2.26. The highest BCUT2D eigenvalue weighted by Crippen LogP contribution is 2.12. The van der Waals surface area contributed by atoms with Gasteiger partial charge in [0.15, 0.2) is 0 Å². The predicted octanol–water partition coefficient (Wildman–Crippen LogP) is 0.811. The lowest BCUT2D eigenvalue weighted by Crippen LogP contribution is -2.37. The smallest absolute Gasteiger partial charge is 0.0967 e. The molecule has 1 atom stereocenters. The fraction of sp³-hybridized carbons (Fsp3) is 0.818. The second kappa shape index (κ2) is 6.93. The molecule has 1 fully saturated rings. The number of hydrogen-bond acceptors (Lipinski definition) is 4. The summed E-state index contributed by atoms with van der Waals surface area (Å²) in [5.41, 5.74) is 1.07. The Hall–Kier alpha value is -0.650. The standard InChI is InChI=1S/C11H21N5.ClH/c1-3-6-16(11-4-5-12-7-11)9-10-8-15(2)14-13-10;/h8,11-12H,3-7,9H2,1-2H3;1H. The molecule has 1 saturated heterocycles. The first kappa shape index (κ1) is 14.4. The molecule has 0 aliphatic carbocycles. The van der Waals surface area contributed by atoms with Crippen LogP contribution in [0.5, 0.6) is 0 Å². The Kier molecular flexibility index (Phi) is 5.88. The number of hydrogen-bond donors (Lipinski definition) is 1. The summed E-state index contributed by atoms with van der Waals surface area (Å²) in [5.74, 6) is 0. The molecular weight excluding hydrogens is 238 g/mol. The molecule has 0 aromatic carbocycles. The number of halogens is 1. The van der Waals surface area contributed by atoms with Gasteiger partial charge in [-0.3, -0.25) is 9.58 Å². The highest BCUT2D eigenvalue weighted by atomic mass is 35.5. The number of aromatic nitrogens is 3. The summed E-state index contributed by atoms with van der Waals surface area (Å²) >= 11 is 0. The van der Waals surface area contributed by atoms with Gasteiger partial charge in [-0.05, 0) is 25.9 Å². The largest absolute Gasteiger partial charge is 0.315 e. The molecule has 5 nitrogen and oxygen atoms in total. The van der Waals surface area contributed by atoms with Crippen LogP contribution >= 0.6 is 12.4 Å². The van der Waals surface area contributed by atoms with Gasteiger partial charge < -0.3 is 5.32 Å². The number of aryl methyl sites for hydroxylation is 1. The van der Waals surface area contributed by atoms with Gasteiger partial charge in [-0.25, -0.2) is 0 Å². The number of nitrogens with one attached hydrogen (secondary N) is 1. The topological polar surface area (TPSA) is 46.0 Å². The van der Waals surface area contributed by atoms with Crippen LogP contribution in [0.3, 0.4) is 0 Å². The maximum absolute atomic E-state index is 4.16. The first-order valence-electron chi connectivity index (χ1n) is 6.09. The number of rotatable bonds is 5. The zero-order valence-corrected chi connectivity index (χ0v) is 11.4. The minimum Gasteiger partial charge on any atom is -0.315 e. The lowest BCUT2D eigenvalue weighted by molar-refractivity contribution is 0.197. The fourth-order valence-corrected chi connectivity index (χ4v) is 2.30. The maximum Gasteiger partial charge on any atom is 0.0967 e. The van der Waals surface area contributed by atoms with Crippen molar-refractivity contribution in [2.45, 2.75) is 32.4 Å². The molecule has 1 N–H and O–H groups in total. The van der Waals surface area contributed by atoms with E-state index >= 15 is 0 Å². The summed E-state index contributed by atoms with van der Waals surface area (Å²) in [7, 11) is 1.91. The molecule has 0 bridgehead atoms. The van der Waals surface area contributed by atoms with Crippen LogP contribution < -0.4 is 5.32 Å². The zero-order chi connectivity index (χ0) is 11.4. The third-order valence-corrected chi connectivity index (χ3v) is 3.08. The van der Waals surface area contributed by atoms with E-state index in [0.717, 1.165) is 31.9 Å². The molecule has 17 heavy (non-hydrogen) atoms. The van der Waals surface area contributed by atoms with Gasteiger partial charge in [-0.2, -0.15) is 0 Å². The quantitative estimate of drug-likeness (QED) is 0.850. The van der Waals surface area contributed by atoms with E-state index in [-0.39, 0.29) is 12.4 Å². The van der Waals surface area contributed by atoms with Crippen LogP contribution in [-0.2, 0) is 13.6 Å². The molecule has 6 heteroatoms. The van der Waals surface area contributed by atoms with Crippen molar-refractivity contribution in [2.75, 3.05) is 19.6 Å². The van der Waals surface area contributed by atoms with Gasteiger partial charge >= 0.3 is 0 Å². The minimum absolute atomic E-state index is 0. The second-order valence-corrected chi connectivity index (χ2v) is 4.50. The molecular formula is C11H22ClN5. The van der Waals surface area contributed by atoms with Crippen molar-refractivity contribution in [2.24, 2.45) is 7.05 Å². The average molecular weight is 260 g/mol. The summed E-state index contributed by atoms with van der Waals surface area (Å²) in [6.07, 6.45) is 4.45. The van der Waals surface area contributed by atoms with Crippen LogP contribution in [0.15, 0.2) is 6.20 Å². The third kappa shape index (κ3) is 3.94. The molecule has 1 aromatic rings. The Morgan fingerprint density at radius 1 is 1.59 bits per heavy atom. The van der Waals surface area contributed by atoms with Crippen LogP contribution in [0, 0.1) is 0 Å². The molecule has 0 radical (unpaired) electrons. The molecule has 2 heterocycles. The summed E-state index contributed by atoms with van der Waals surface area (Å²) in [6.45, 7) is 6.55. The number of nitrogens with zero attached hydrogens (tertiary/aromatic N) is 4. The van der Waals surface area contributed by atoms with Gasteiger partial charge in [-0.1, -0.05) is 12.1 Å². The van der Waals surface area contributed by atoms with Crippen molar-refractivity contribution in [1.29, 1.82) is 0 Å². The Morgan fingerprint density at radius 2 is 2.41 bits per heavy atom. The zero-order valence-electron chi connectivity index (χ0n) is 10.6. The molecule has 0 amide bonds. The Morgan fingerprint density at radius 3 is 2.94 bits per heavy atom. The second-order valence-electron chi connectivity index (χ2n) is 4.50. The molecule has 0 spiro atoms. The van der Waals surface area contributed by atoms with Gasteiger partial charge in [0.1, 0.15) is 0 Å². The normalized spacial score (nSPS) is 19.6. The first-order chi connectivity index (χ1) is 7.79. The van der Waals surface area contributed by atoms with E-state index < -0.39 is 0 Å². The van der Waals surface area contributed by atoms with Crippen molar-refractivity contribution in [3.63, 3.8) is 0 Å². The summed E-state index contributed by atoms with van der Waals surface area (Å²) < 4.78 is 1.77. The predicted molar refractivity (Wildman–Crippen MR) is 70.2 cm³/mol. The van der Waals surface area contributed by atoms with E-state index in [1.165, 1.54) is 12.8 Å². The average Bonchev–Trinajstić information content (AvgIpc) is 2.88. The van der Waals surface area contributed by atoms with E-state index in [1.807, 2.05) is 13.2 Å². The maximum atomic E-state index is 4.16. The van der Waals surface area contributed by atoms with Crippen molar-refractivity contribution >= 4 is 12.4 Å².